The van der Waals surface area contributed by atoms with E-state index in [1.54, 1.807) is 0 Å². The standard InChI is InChI=1S/C59H38S/c1-59(2)52-29-14-13-23-42(52)49-34-50(58-56(57(49)59)51-32-36-17-3-4-18-37(36)33-53(51)60-58)41-30-31-48(40-22-8-7-21-39(40)41)55-46-26-11-9-24-44(46)54(45-25-10-12-27-47(45)55)43-28-15-19-35-16-5-6-20-38(35)43/h3-34H,1-2H3. The third-order valence-electron chi connectivity index (χ3n) is 13.6. The van der Waals surface area contributed by atoms with Gasteiger partial charge in [-0.3, -0.25) is 0 Å². The van der Waals surface area contributed by atoms with E-state index >= 15 is 0 Å². The zero-order valence-corrected chi connectivity index (χ0v) is 34.2. The lowest BCUT2D eigenvalue weighted by Gasteiger charge is -2.23. The van der Waals surface area contributed by atoms with Gasteiger partial charge in [-0.15, -0.1) is 11.3 Å². The molecule has 0 amide bonds. The van der Waals surface area contributed by atoms with Crippen molar-refractivity contribution in [3.8, 4) is 44.5 Å². The van der Waals surface area contributed by atoms with Crippen LogP contribution >= 0.6 is 11.3 Å². The highest BCUT2D eigenvalue weighted by Crippen LogP contribution is 2.57. The molecule has 0 spiro atoms. The van der Waals surface area contributed by atoms with Crippen molar-refractivity contribution in [3.63, 3.8) is 0 Å². The summed E-state index contributed by atoms with van der Waals surface area (Å²) in [6.45, 7) is 4.84. The predicted octanol–water partition coefficient (Wildman–Crippen LogP) is 17.1. The van der Waals surface area contributed by atoms with Gasteiger partial charge in [-0.2, -0.15) is 0 Å². The Bertz CT molecular complexity index is 3740. The van der Waals surface area contributed by atoms with Crippen LogP contribution in [0, 0.1) is 0 Å². The van der Waals surface area contributed by atoms with E-state index in [0.29, 0.717) is 0 Å². The van der Waals surface area contributed by atoms with Gasteiger partial charge in [0.15, 0.2) is 0 Å². The van der Waals surface area contributed by atoms with E-state index in [4.69, 9.17) is 0 Å². The molecule has 1 aromatic heterocycles. The lowest BCUT2D eigenvalue weighted by Crippen LogP contribution is -2.15. The zero-order valence-electron chi connectivity index (χ0n) is 33.4. The summed E-state index contributed by atoms with van der Waals surface area (Å²) in [6, 6.07) is 72.9. The molecule has 12 aromatic rings. The van der Waals surface area contributed by atoms with Crippen molar-refractivity contribution in [3.05, 3.63) is 205 Å². The number of hydrogen-bond donors (Lipinski definition) is 0. The Labute approximate surface area is 352 Å². The molecule has 280 valence electrons. The molecule has 0 bridgehead atoms. The van der Waals surface area contributed by atoms with Gasteiger partial charge in [0.05, 0.1) is 0 Å². The number of rotatable bonds is 3. The molecule has 1 aliphatic carbocycles. The Hall–Kier alpha value is -7.06. The Morgan fingerprint density at radius 2 is 0.817 bits per heavy atom. The van der Waals surface area contributed by atoms with Gasteiger partial charge in [0.25, 0.3) is 0 Å². The van der Waals surface area contributed by atoms with Gasteiger partial charge in [0.2, 0.25) is 0 Å². The molecule has 0 fully saturated rings. The second-order valence-electron chi connectivity index (χ2n) is 17.1. The third kappa shape index (κ3) is 4.61. The molecule has 1 heteroatoms. The fraction of sp³-hybridized carbons (Fsp3) is 0.0508. The first-order valence-electron chi connectivity index (χ1n) is 21.0. The largest absolute Gasteiger partial charge is 0.134 e. The monoisotopic (exact) mass is 778 g/mol. The smallest absolute Gasteiger partial charge is 0.0437 e. The van der Waals surface area contributed by atoms with Crippen LogP contribution in [0.2, 0.25) is 0 Å². The highest BCUT2D eigenvalue weighted by atomic mass is 32.1. The molecule has 13 rings (SSSR count). The summed E-state index contributed by atoms with van der Waals surface area (Å²) in [4.78, 5) is 0. The van der Waals surface area contributed by atoms with Crippen LogP contribution in [-0.2, 0) is 5.41 Å². The maximum Gasteiger partial charge on any atom is 0.0437 e. The first kappa shape index (κ1) is 33.9. The van der Waals surface area contributed by atoms with E-state index in [-0.39, 0.29) is 5.41 Å². The number of benzene rings is 11. The number of hydrogen-bond acceptors (Lipinski definition) is 1. The molecule has 0 aliphatic heterocycles. The van der Waals surface area contributed by atoms with Crippen LogP contribution < -0.4 is 0 Å². The predicted molar refractivity (Wildman–Crippen MR) is 261 cm³/mol. The minimum Gasteiger partial charge on any atom is -0.134 e. The lowest BCUT2D eigenvalue weighted by molar-refractivity contribution is 0.667. The van der Waals surface area contributed by atoms with Gasteiger partial charge in [0, 0.05) is 31.2 Å². The van der Waals surface area contributed by atoms with Crippen molar-refractivity contribution < 1.29 is 0 Å². The maximum atomic E-state index is 2.53. The topological polar surface area (TPSA) is 0 Å². The average molecular weight is 779 g/mol. The molecule has 0 N–H and O–H groups in total. The first-order chi connectivity index (χ1) is 29.5. The molecular formula is C59H38S. The molecular weight excluding hydrogens is 741 g/mol. The maximum absolute atomic E-state index is 2.53. The first-order valence-corrected chi connectivity index (χ1v) is 21.8. The van der Waals surface area contributed by atoms with Crippen molar-refractivity contribution in [2.45, 2.75) is 19.3 Å². The fourth-order valence-electron chi connectivity index (χ4n) is 11.0. The molecule has 60 heavy (non-hydrogen) atoms. The zero-order chi connectivity index (χ0) is 39.7. The second kappa shape index (κ2) is 12.5. The van der Waals surface area contributed by atoms with Crippen molar-refractivity contribution in [2.75, 3.05) is 0 Å². The Balaban J connectivity index is 1.12. The van der Waals surface area contributed by atoms with E-state index in [1.807, 2.05) is 11.3 Å². The fourth-order valence-corrected chi connectivity index (χ4v) is 12.3. The molecule has 0 nitrogen and oxygen atoms in total. The molecule has 0 saturated heterocycles. The molecule has 1 heterocycles. The number of thiophene rings is 1. The molecule has 11 aromatic carbocycles. The third-order valence-corrected chi connectivity index (χ3v) is 14.8. The van der Waals surface area contributed by atoms with Crippen molar-refractivity contribution in [2.24, 2.45) is 0 Å². The quantitative estimate of drug-likeness (QED) is 0.157. The Morgan fingerprint density at radius 1 is 0.333 bits per heavy atom. The summed E-state index contributed by atoms with van der Waals surface area (Å²) in [5.41, 5.74) is 13.2. The molecule has 0 saturated carbocycles. The van der Waals surface area contributed by atoms with Crippen molar-refractivity contribution >= 4 is 85.4 Å². The molecule has 0 radical (unpaired) electrons. The summed E-state index contributed by atoms with van der Waals surface area (Å²) in [7, 11) is 0. The van der Waals surface area contributed by atoms with E-state index in [1.165, 1.54) is 130 Å². The van der Waals surface area contributed by atoms with Gasteiger partial charge in [0.1, 0.15) is 0 Å². The van der Waals surface area contributed by atoms with E-state index in [9.17, 15) is 0 Å². The average Bonchev–Trinajstić information content (AvgIpc) is 3.77. The van der Waals surface area contributed by atoms with Gasteiger partial charge < -0.3 is 0 Å². The van der Waals surface area contributed by atoms with Crippen LogP contribution in [0.1, 0.15) is 25.0 Å². The normalized spacial score (nSPS) is 13.3. The second-order valence-corrected chi connectivity index (χ2v) is 18.1. The summed E-state index contributed by atoms with van der Waals surface area (Å²) < 4.78 is 2.71. The van der Waals surface area contributed by atoms with Gasteiger partial charge >= 0.3 is 0 Å². The van der Waals surface area contributed by atoms with Crippen LogP contribution in [0.4, 0.5) is 0 Å². The van der Waals surface area contributed by atoms with Crippen molar-refractivity contribution in [1.82, 2.24) is 0 Å². The van der Waals surface area contributed by atoms with Gasteiger partial charge in [-0.05, 0) is 122 Å². The van der Waals surface area contributed by atoms with Crippen LogP contribution in [0.25, 0.3) is 119 Å². The summed E-state index contributed by atoms with van der Waals surface area (Å²) in [6.07, 6.45) is 0. The molecule has 0 unspecified atom stereocenters. The Morgan fingerprint density at radius 3 is 1.50 bits per heavy atom. The van der Waals surface area contributed by atoms with Crippen LogP contribution in [-0.4, -0.2) is 0 Å². The van der Waals surface area contributed by atoms with Gasteiger partial charge in [-0.25, -0.2) is 0 Å². The van der Waals surface area contributed by atoms with Crippen LogP contribution in [0.15, 0.2) is 194 Å². The molecule has 1 aliphatic rings. The Kier molecular flexibility index (Phi) is 7.04. The van der Waals surface area contributed by atoms with Gasteiger partial charge in [-0.1, -0.05) is 190 Å². The summed E-state index contributed by atoms with van der Waals surface area (Å²) in [5, 5.41) is 15.5. The van der Waals surface area contributed by atoms with E-state index in [0.717, 1.165) is 0 Å². The minimum atomic E-state index is -0.130. The highest BCUT2D eigenvalue weighted by Gasteiger charge is 2.38. The summed E-state index contributed by atoms with van der Waals surface area (Å²) in [5.74, 6) is 0. The van der Waals surface area contributed by atoms with E-state index in [2.05, 4.69) is 208 Å². The lowest BCUT2D eigenvalue weighted by atomic mass is 9.79. The van der Waals surface area contributed by atoms with Crippen molar-refractivity contribution in [1.29, 1.82) is 0 Å². The van der Waals surface area contributed by atoms with Crippen LogP contribution in [0.5, 0.6) is 0 Å². The minimum absolute atomic E-state index is 0.130. The van der Waals surface area contributed by atoms with Crippen LogP contribution in [0.3, 0.4) is 0 Å². The van der Waals surface area contributed by atoms with E-state index < -0.39 is 0 Å². The highest BCUT2D eigenvalue weighted by molar-refractivity contribution is 7.26. The number of fused-ring (bicyclic) bond motifs is 12. The molecule has 0 atom stereocenters. The SMILES string of the molecule is CC1(C)c2ccccc2-c2cc(-c3ccc(-c4c5ccccc5c(-c5cccc6ccccc56)c5ccccc45)c4ccccc34)c3sc4cc5ccccc5cc4c3c21. The summed E-state index contributed by atoms with van der Waals surface area (Å²) >= 11 is 1.96.